The van der Waals surface area contributed by atoms with Gasteiger partial charge in [-0.3, -0.25) is 9.20 Å². The maximum Gasteiger partial charge on any atom is 0.416 e. The molecule has 0 spiro atoms. The Balaban J connectivity index is 1.75. The molecule has 2 heterocycles. The van der Waals surface area contributed by atoms with Crippen molar-refractivity contribution < 1.29 is 18.0 Å². The van der Waals surface area contributed by atoms with Crippen LogP contribution in [0, 0.1) is 0 Å². The summed E-state index contributed by atoms with van der Waals surface area (Å²) in [4.78, 5) is 15.0. The molecule has 4 rings (SSSR count). The molecule has 28 heavy (non-hydrogen) atoms. The predicted molar refractivity (Wildman–Crippen MR) is 101 cm³/mol. The summed E-state index contributed by atoms with van der Waals surface area (Å²) in [5.74, 6) is 0. The highest BCUT2D eigenvalue weighted by Crippen LogP contribution is 2.33. The standard InChI is InChI=1S/C21H14F3N3O/c22-21(23,24)17-5-1-3-14(9-17)15-7-8-27-19(12-25-20(27)11-15)16-4-2-6-18(10-16)26-13-28/h1-13H,(H,26,28). The van der Waals surface area contributed by atoms with Gasteiger partial charge >= 0.3 is 6.18 Å². The van der Waals surface area contributed by atoms with Crippen LogP contribution < -0.4 is 5.32 Å². The van der Waals surface area contributed by atoms with E-state index in [1.165, 1.54) is 6.07 Å². The lowest BCUT2D eigenvalue weighted by Gasteiger charge is -2.09. The van der Waals surface area contributed by atoms with Crippen LogP contribution in [0.3, 0.4) is 0 Å². The molecule has 0 atom stereocenters. The van der Waals surface area contributed by atoms with Crippen molar-refractivity contribution in [3.8, 4) is 22.4 Å². The highest BCUT2D eigenvalue weighted by Gasteiger charge is 2.30. The Labute approximate surface area is 158 Å². The number of fused-ring (bicyclic) bond motifs is 1. The zero-order valence-electron chi connectivity index (χ0n) is 14.4. The molecule has 0 bridgehead atoms. The van der Waals surface area contributed by atoms with E-state index in [1.54, 1.807) is 36.7 Å². The van der Waals surface area contributed by atoms with E-state index in [0.717, 1.165) is 23.4 Å². The fourth-order valence-corrected chi connectivity index (χ4v) is 3.09. The second-order valence-corrected chi connectivity index (χ2v) is 6.21. The summed E-state index contributed by atoms with van der Waals surface area (Å²) >= 11 is 0. The summed E-state index contributed by atoms with van der Waals surface area (Å²) < 4.78 is 40.8. The van der Waals surface area contributed by atoms with Gasteiger partial charge in [-0.1, -0.05) is 24.3 Å². The summed E-state index contributed by atoms with van der Waals surface area (Å²) in [7, 11) is 0. The molecule has 2 aromatic carbocycles. The number of nitrogens with one attached hydrogen (secondary N) is 1. The highest BCUT2D eigenvalue weighted by atomic mass is 19.4. The molecule has 0 saturated carbocycles. The van der Waals surface area contributed by atoms with Gasteiger partial charge < -0.3 is 5.32 Å². The van der Waals surface area contributed by atoms with Gasteiger partial charge in [0.05, 0.1) is 17.5 Å². The Morgan fingerprint density at radius 3 is 2.46 bits per heavy atom. The van der Waals surface area contributed by atoms with Crippen LogP contribution in [0.25, 0.3) is 28.0 Å². The zero-order valence-corrected chi connectivity index (χ0v) is 14.4. The quantitative estimate of drug-likeness (QED) is 0.491. The number of aromatic nitrogens is 2. The minimum Gasteiger partial charge on any atom is -0.329 e. The summed E-state index contributed by atoms with van der Waals surface area (Å²) in [6, 6.07) is 16.0. The molecule has 1 amide bonds. The Morgan fingerprint density at radius 1 is 0.929 bits per heavy atom. The average molecular weight is 381 g/mol. The molecule has 4 aromatic rings. The number of hydrogen-bond donors (Lipinski definition) is 1. The van der Waals surface area contributed by atoms with Crippen molar-refractivity contribution in [1.82, 2.24) is 9.38 Å². The molecule has 0 radical (unpaired) electrons. The molecule has 2 aromatic heterocycles. The number of pyridine rings is 1. The minimum absolute atomic E-state index is 0.471. The first-order chi connectivity index (χ1) is 13.5. The molecule has 0 aliphatic rings. The van der Waals surface area contributed by atoms with Gasteiger partial charge in [-0.2, -0.15) is 13.2 Å². The van der Waals surface area contributed by atoms with Crippen LogP contribution in [0.5, 0.6) is 0 Å². The number of imidazole rings is 1. The van der Waals surface area contributed by atoms with Gasteiger partial charge in [0.1, 0.15) is 5.65 Å². The number of hydrogen-bond acceptors (Lipinski definition) is 2. The fourth-order valence-electron chi connectivity index (χ4n) is 3.09. The SMILES string of the molecule is O=CNc1cccc(-c2cnc3cc(-c4cccc(C(F)(F)F)c4)ccn23)c1. The smallest absolute Gasteiger partial charge is 0.329 e. The number of anilines is 1. The molecule has 0 aliphatic carbocycles. The van der Waals surface area contributed by atoms with E-state index in [-0.39, 0.29) is 0 Å². The van der Waals surface area contributed by atoms with Crippen LogP contribution in [0.4, 0.5) is 18.9 Å². The van der Waals surface area contributed by atoms with Gasteiger partial charge in [-0.15, -0.1) is 0 Å². The van der Waals surface area contributed by atoms with E-state index in [4.69, 9.17) is 0 Å². The molecule has 0 fully saturated rings. The Hall–Kier alpha value is -3.61. The summed E-state index contributed by atoms with van der Waals surface area (Å²) in [6.07, 6.45) is -0.325. The van der Waals surface area contributed by atoms with Crippen molar-refractivity contribution in [2.24, 2.45) is 0 Å². The summed E-state index contributed by atoms with van der Waals surface area (Å²) in [6.45, 7) is 0. The molecule has 7 heteroatoms. The van der Waals surface area contributed by atoms with Crippen molar-refractivity contribution in [1.29, 1.82) is 0 Å². The van der Waals surface area contributed by atoms with Crippen LogP contribution in [0.1, 0.15) is 5.56 Å². The molecular formula is C21H14F3N3O. The first-order valence-electron chi connectivity index (χ1n) is 8.41. The van der Waals surface area contributed by atoms with Gasteiger partial charge in [0.2, 0.25) is 6.41 Å². The van der Waals surface area contributed by atoms with Crippen molar-refractivity contribution in [3.05, 3.63) is 78.6 Å². The van der Waals surface area contributed by atoms with E-state index in [1.807, 2.05) is 22.6 Å². The van der Waals surface area contributed by atoms with Crippen LogP contribution in [-0.2, 0) is 11.0 Å². The number of nitrogens with zero attached hydrogens (tertiary/aromatic N) is 2. The third-order valence-electron chi connectivity index (χ3n) is 4.42. The second kappa shape index (κ2) is 6.84. The van der Waals surface area contributed by atoms with Crippen molar-refractivity contribution in [2.45, 2.75) is 6.18 Å². The number of carbonyl (C=O) groups excluding carboxylic acids is 1. The second-order valence-electron chi connectivity index (χ2n) is 6.21. The number of amides is 1. The van der Waals surface area contributed by atoms with Crippen molar-refractivity contribution in [3.63, 3.8) is 0 Å². The molecule has 0 saturated heterocycles. The maximum absolute atomic E-state index is 13.0. The predicted octanol–water partition coefficient (Wildman–Crippen LogP) is 5.26. The number of benzene rings is 2. The molecule has 0 unspecified atom stereocenters. The number of rotatable bonds is 4. The maximum atomic E-state index is 13.0. The monoisotopic (exact) mass is 381 g/mol. The van der Waals surface area contributed by atoms with Gasteiger partial charge in [0, 0.05) is 17.4 Å². The van der Waals surface area contributed by atoms with Gasteiger partial charge in [0.15, 0.2) is 0 Å². The van der Waals surface area contributed by atoms with Crippen LogP contribution in [0.15, 0.2) is 73.1 Å². The zero-order chi connectivity index (χ0) is 19.7. The topological polar surface area (TPSA) is 46.4 Å². The average Bonchev–Trinajstić information content (AvgIpc) is 3.11. The first-order valence-corrected chi connectivity index (χ1v) is 8.41. The van der Waals surface area contributed by atoms with E-state index >= 15 is 0 Å². The van der Waals surface area contributed by atoms with Gasteiger partial charge in [0.25, 0.3) is 0 Å². The number of alkyl halides is 3. The Kier molecular flexibility index (Phi) is 4.35. The van der Waals surface area contributed by atoms with Gasteiger partial charge in [-0.25, -0.2) is 4.98 Å². The lowest BCUT2D eigenvalue weighted by Crippen LogP contribution is -2.04. The van der Waals surface area contributed by atoms with E-state index in [9.17, 15) is 18.0 Å². The minimum atomic E-state index is -4.39. The first kappa shape index (κ1) is 17.8. The lowest BCUT2D eigenvalue weighted by atomic mass is 10.0. The van der Waals surface area contributed by atoms with E-state index in [0.29, 0.717) is 28.9 Å². The van der Waals surface area contributed by atoms with Crippen molar-refractivity contribution >= 4 is 17.7 Å². The lowest BCUT2D eigenvalue weighted by molar-refractivity contribution is -0.137. The number of halogens is 3. The fraction of sp³-hybridized carbons (Fsp3) is 0.0476. The molecular weight excluding hydrogens is 367 g/mol. The van der Waals surface area contributed by atoms with E-state index in [2.05, 4.69) is 10.3 Å². The van der Waals surface area contributed by atoms with Gasteiger partial charge in [-0.05, 0) is 47.5 Å². The van der Waals surface area contributed by atoms with Crippen LogP contribution >= 0.6 is 0 Å². The Bertz CT molecular complexity index is 1160. The molecule has 0 aliphatic heterocycles. The largest absolute Gasteiger partial charge is 0.416 e. The summed E-state index contributed by atoms with van der Waals surface area (Å²) in [5.41, 5.74) is 3.35. The van der Waals surface area contributed by atoms with Crippen LogP contribution in [0.2, 0.25) is 0 Å². The third-order valence-corrected chi connectivity index (χ3v) is 4.42. The molecule has 4 nitrogen and oxygen atoms in total. The van der Waals surface area contributed by atoms with E-state index < -0.39 is 11.7 Å². The van der Waals surface area contributed by atoms with Crippen LogP contribution in [-0.4, -0.2) is 15.8 Å². The van der Waals surface area contributed by atoms with Crippen molar-refractivity contribution in [2.75, 3.05) is 5.32 Å². The molecule has 1 N–H and O–H groups in total. The number of carbonyl (C=O) groups is 1. The third kappa shape index (κ3) is 3.34. The summed E-state index contributed by atoms with van der Waals surface area (Å²) in [5, 5.41) is 2.60. The Morgan fingerprint density at radius 2 is 1.68 bits per heavy atom. The highest BCUT2D eigenvalue weighted by molar-refractivity contribution is 5.76. The molecule has 140 valence electrons. The normalized spacial score (nSPS) is 11.5.